The average Bonchev–Trinajstić information content (AvgIpc) is 2.52. The van der Waals surface area contributed by atoms with Crippen molar-refractivity contribution in [3.05, 3.63) is 29.3 Å². The zero-order valence-corrected chi connectivity index (χ0v) is 14.7. The average molecular weight is 363 g/mol. The third kappa shape index (κ3) is 2.24. The Morgan fingerprint density at radius 2 is 1.77 bits per heavy atom. The summed E-state index contributed by atoms with van der Waals surface area (Å²) in [6.45, 7) is 0. The quantitative estimate of drug-likeness (QED) is 0.571. The summed E-state index contributed by atoms with van der Waals surface area (Å²) < 4.78 is 5.68. The molecular formula is C19H23BrO2. The van der Waals surface area contributed by atoms with E-state index >= 15 is 0 Å². The van der Waals surface area contributed by atoms with Gasteiger partial charge in [0.2, 0.25) is 0 Å². The molecule has 0 aromatic heterocycles. The van der Waals surface area contributed by atoms with Gasteiger partial charge in [-0.2, -0.15) is 0 Å². The Balaban J connectivity index is 1.79. The summed E-state index contributed by atoms with van der Waals surface area (Å²) in [5.74, 6) is 3.83. The van der Waals surface area contributed by atoms with E-state index in [2.05, 4.69) is 22.0 Å². The standard InChI is InChI=1S/C19H23BrO2/c1-22-18-3-2-15(17(21)11-20)7-16(18)19-8-12-4-13(9-19)6-14(5-12)10-19/h2-3,7,12-14H,4-6,8-11H2,1H3. The third-order valence-corrected chi connectivity index (χ3v) is 6.76. The topological polar surface area (TPSA) is 26.3 Å². The summed E-state index contributed by atoms with van der Waals surface area (Å²) in [6, 6.07) is 6.05. The molecule has 0 amide bonds. The predicted octanol–water partition coefficient (Wildman–Crippen LogP) is 4.74. The van der Waals surface area contributed by atoms with Crippen LogP contribution in [0.1, 0.15) is 54.4 Å². The lowest BCUT2D eigenvalue weighted by Gasteiger charge is -2.57. The number of carbonyl (C=O) groups is 1. The van der Waals surface area contributed by atoms with Crippen molar-refractivity contribution in [2.45, 2.75) is 43.9 Å². The van der Waals surface area contributed by atoms with Gasteiger partial charge in [0, 0.05) is 11.1 Å². The summed E-state index contributed by atoms with van der Waals surface area (Å²) in [5, 5.41) is 0.389. The molecule has 4 fully saturated rings. The number of benzene rings is 1. The summed E-state index contributed by atoms with van der Waals surface area (Å²) in [5.41, 5.74) is 2.40. The van der Waals surface area contributed by atoms with E-state index in [0.717, 1.165) is 29.1 Å². The monoisotopic (exact) mass is 362 g/mol. The molecule has 1 aromatic rings. The number of ether oxygens (including phenoxy) is 1. The van der Waals surface area contributed by atoms with Gasteiger partial charge in [-0.05, 0) is 79.9 Å². The minimum absolute atomic E-state index is 0.161. The molecule has 3 heteroatoms. The first-order chi connectivity index (χ1) is 10.6. The maximum absolute atomic E-state index is 12.1. The molecule has 2 nitrogen and oxygen atoms in total. The summed E-state index contributed by atoms with van der Waals surface area (Å²) >= 11 is 3.29. The number of carbonyl (C=O) groups excluding carboxylic acids is 1. The van der Waals surface area contributed by atoms with Crippen LogP contribution >= 0.6 is 15.9 Å². The van der Waals surface area contributed by atoms with Crippen LogP contribution in [0.2, 0.25) is 0 Å². The first kappa shape index (κ1) is 14.7. The zero-order chi connectivity index (χ0) is 15.3. The van der Waals surface area contributed by atoms with Crippen molar-refractivity contribution >= 4 is 21.7 Å². The Kier molecular flexibility index (Phi) is 3.60. The fourth-order valence-electron chi connectivity index (χ4n) is 5.81. The summed E-state index contributed by atoms with van der Waals surface area (Å²) in [4.78, 5) is 12.1. The van der Waals surface area contributed by atoms with E-state index in [0.29, 0.717) is 5.33 Å². The number of alkyl halides is 1. The first-order valence-corrected chi connectivity index (χ1v) is 9.53. The van der Waals surface area contributed by atoms with Crippen LogP contribution in [0.25, 0.3) is 0 Å². The Hall–Kier alpha value is -0.830. The van der Waals surface area contributed by atoms with Crippen LogP contribution in [0.15, 0.2) is 18.2 Å². The molecule has 0 heterocycles. The highest BCUT2D eigenvalue weighted by atomic mass is 79.9. The van der Waals surface area contributed by atoms with E-state index in [9.17, 15) is 4.79 Å². The van der Waals surface area contributed by atoms with Gasteiger partial charge in [0.1, 0.15) is 5.75 Å². The van der Waals surface area contributed by atoms with Gasteiger partial charge in [-0.3, -0.25) is 4.79 Å². The van der Waals surface area contributed by atoms with Crippen LogP contribution in [0.4, 0.5) is 0 Å². The lowest BCUT2D eigenvalue weighted by Crippen LogP contribution is -2.48. The minimum atomic E-state index is 0.161. The van der Waals surface area contributed by atoms with Gasteiger partial charge in [0.15, 0.2) is 5.78 Å². The number of Topliss-reactive ketones (excluding diaryl/α,β-unsaturated/α-hetero) is 1. The number of hydrogen-bond acceptors (Lipinski definition) is 2. The molecule has 118 valence electrons. The molecule has 4 saturated carbocycles. The van der Waals surface area contributed by atoms with Gasteiger partial charge in [0.05, 0.1) is 12.4 Å². The Labute approximate surface area is 140 Å². The van der Waals surface area contributed by atoms with E-state index < -0.39 is 0 Å². The molecule has 4 aliphatic carbocycles. The number of methoxy groups -OCH3 is 1. The molecule has 0 atom stereocenters. The molecule has 0 unspecified atom stereocenters. The Morgan fingerprint density at radius 1 is 1.18 bits per heavy atom. The number of rotatable bonds is 4. The highest BCUT2D eigenvalue weighted by molar-refractivity contribution is 9.09. The van der Waals surface area contributed by atoms with Crippen molar-refractivity contribution in [1.29, 1.82) is 0 Å². The zero-order valence-electron chi connectivity index (χ0n) is 13.1. The van der Waals surface area contributed by atoms with Crippen LogP contribution < -0.4 is 4.74 Å². The smallest absolute Gasteiger partial charge is 0.173 e. The fraction of sp³-hybridized carbons (Fsp3) is 0.632. The van der Waals surface area contributed by atoms with E-state index in [-0.39, 0.29) is 11.2 Å². The maximum Gasteiger partial charge on any atom is 0.173 e. The summed E-state index contributed by atoms with van der Waals surface area (Å²) in [7, 11) is 1.76. The molecule has 4 aliphatic rings. The van der Waals surface area contributed by atoms with E-state index in [1.807, 2.05) is 12.1 Å². The second-order valence-corrected chi connectivity index (χ2v) is 8.23. The van der Waals surface area contributed by atoms with Gasteiger partial charge in [-0.25, -0.2) is 0 Å². The third-order valence-electron chi connectivity index (χ3n) is 6.25. The van der Waals surface area contributed by atoms with Crippen LogP contribution in [0.5, 0.6) is 5.75 Å². The molecule has 22 heavy (non-hydrogen) atoms. The van der Waals surface area contributed by atoms with Crippen molar-refractivity contribution in [1.82, 2.24) is 0 Å². The molecule has 0 saturated heterocycles. The first-order valence-electron chi connectivity index (χ1n) is 8.41. The van der Waals surface area contributed by atoms with Crippen LogP contribution in [0, 0.1) is 17.8 Å². The minimum Gasteiger partial charge on any atom is -0.496 e. The molecule has 1 aromatic carbocycles. The fourth-order valence-corrected chi connectivity index (χ4v) is 6.14. The largest absolute Gasteiger partial charge is 0.496 e. The molecular weight excluding hydrogens is 340 g/mol. The Morgan fingerprint density at radius 3 is 2.27 bits per heavy atom. The van der Waals surface area contributed by atoms with Gasteiger partial charge in [0.25, 0.3) is 0 Å². The van der Waals surface area contributed by atoms with Crippen LogP contribution in [0.3, 0.4) is 0 Å². The van der Waals surface area contributed by atoms with E-state index in [4.69, 9.17) is 4.74 Å². The molecule has 0 N–H and O–H groups in total. The van der Waals surface area contributed by atoms with Crippen molar-refractivity contribution in [3.8, 4) is 5.75 Å². The number of hydrogen-bond donors (Lipinski definition) is 0. The maximum atomic E-state index is 12.1. The second-order valence-electron chi connectivity index (χ2n) is 7.67. The van der Waals surface area contributed by atoms with Gasteiger partial charge >= 0.3 is 0 Å². The highest BCUT2D eigenvalue weighted by Gasteiger charge is 2.52. The lowest BCUT2D eigenvalue weighted by atomic mass is 9.48. The van der Waals surface area contributed by atoms with E-state index in [1.54, 1.807) is 7.11 Å². The van der Waals surface area contributed by atoms with Crippen molar-refractivity contribution in [2.75, 3.05) is 12.4 Å². The van der Waals surface area contributed by atoms with Gasteiger partial charge < -0.3 is 4.74 Å². The molecule has 0 spiro atoms. The Bertz CT molecular complexity index is 572. The van der Waals surface area contributed by atoms with E-state index in [1.165, 1.54) is 44.1 Å². The molecule has 0 radical (unpaired) electrons. The second kappa shape index (κ2) is 5.36. The normalized spacial score (nSPS) is 35.6. The van der Waals surface area contributed by atoms with Gasteiger partial charge in [-0.1, -0.05) is 15.9 Å². The van der Waals surface area contributed by atoms with Crippen LogP contribution in [-0.4, -0.2) is 18.2 Å². The van der Waals surface area contributed by atoms with Crippen LogP contribution in [-0.2, 0) is 5.41 Å². The lowest BCUT2D eigenvalue weighted by molar-refractivity contribution is -0.00617. The van der Waals surface area contributed by atoms with Crippen molar-refractivity contribution < 1.29 is 9.53 Å². The van der Waals surface area contributed by atoms with Crippen molar-refractivity contribution in [3.63, 3.8) is 0 Å². The SMILES string of the molecule is COc1ccc(C(=O)CBr)cc1C12CC3CC(CC(C3)C1)C2. The number of ketones is 1. The van der Waals surface area contributed by atoms with Crippen molar-refractivity contribution in [2.24, 2.45) is 17.8 Å². The predicted molar refractivity (Wildman–Crippen MR) is 91.0 cm³/mol. The molecule has 0 aliphatic heterocycles. The highest BCUT2D eigenvalue weighted by Crippen LogP contribution is 2.61. The number of halogens is 1. The summed E-state index contributed by atoms with van der Waals surface area (Å²) in [6.07, 6.45) is 8.18. The molecule has 5 rings (SSSR count). The van der Waals surface area contributed by atoms with Gasteiger partial charge in [-0.15, -0.1) is 0 Å². The molecule has 4 bridgehead atoms.